The Hall–Kier alpha value is -2.27. The molecule has 0 spiro atoms. The van der Waals surface area contributed by atoms with E-state index in [1.807, 2.05) is 30.1 Å². The lowest BCUT2D eigenvalue weighted by Crippen LogP contribution is -2.08. The highest BCUT2D eigenvalue weighted by atomic mass is 32.1. The monoisotopic (exact) mass is 268 g/mol. The van der Waals surface area contributed by atoms with Gasteiger partial charge in [0.15, 0.2) is 0 Å². The zero-order valence-electron chi connectivity index (χ0n) is 10.4. The van der Waals surface area contributed by atoms with Crippen LogP contribution in [-0.4, -0.2) is 21.8 Å². The van der Waals surface area contributed by atoms with E-state index in [-0.39, 0.29) is 0 Å². The Balaban J connectivity index is 1.87. The number of hydrogen-bond donors (Lipinski definition) is 0. The molecular weight excluding hydrogens is 256 g/mol. The van der Waals surface area contributed by atoms with E-state index in [1.54, 1.807) is 0 Å². The molecule has 0 aliphatic carbocycles. The molecule has 3 rings (SSSR count). The lowest BCUT2D eigenvalue weighted by Gasteiger charge is -2.14. The number of hydrogen-bond acceptors (Lipinski definition) is 5. The molecule has 94 valence electrons. The van der Waals surface area contributed by atoms with Gasteiger partial charge in [0.25, 0.3) is 0 Å². The lowest BCUT2D eigenvalue weighted by molar-refractivity contribution is 0.944. The molecule has 0 unspecified atom stereocenters. The average molecular weight is 268 g/mol. The topological polar surface area (TPSA) is 41.9 Å². The van der Waals surface area contributed by atoms with Crippen molar-refractivity contribution in [1.29, 1.82) is 0 Å². The Bertz CT molecular complexity index is 635. The van der Waals surface area contributed by atoms with Crippen LogP contribution in [0.3, 0.4) is 0 Å². The Morgan fingerprint density at radius 3 is 2.21 bits per heavy atom. The molecule has 19 heavy (non-hydrogen) atoms. The number of benzene rings is 2. The third-order valence-corrected chi connectivity index (χ3v) is 3.61. The third-order valence-electron chi connectivity index (χ3n) is 2.94. The first-order valence-electron chi connectivity index (χ1n) is 5.89. The predicted molar refractivity (Wildman–Crippen MR) is 77.6 cm³/mol. The largest absolute Gasteiger partial charge is 0.318 e. The van der Waals surface area contributed by atoms with E-state index in [0.29, 0.717) is 0 Å². The molecule has 5 heteroatoms. The van der Waals surface area contributed by atoms with Crippen LogP contribution in [-0.2, 0) is 0 Å². The summed E-state index contributed by atoms with van der Waals surface area (Å²) in [6, 6.07) is 18.7. The standard InChI is InChI=1S/C14H12N4S/c1-18(14-15-16-17-19-14)13-9-7-12(8-10-13)11-5-3-2-4-6-11/h2-10H,1H3. The fourth-order valence-electron chi connectivity index (χ4n) is 1.88. The molecule has 0 amide bonds. The highest BCUT2D eigenvalue weighted by molar-refractivity contribution is 7.09. The summed E-state index contributed by atoms with van der Waals surface area (Å²) in [4.78, 5) is 1.97. The summed E-state index contributed by atoms with van der Waals surface area (Å²) in [5.41, 5.74) is 3.49. The van der Waals surface area contributed by atoms with Crippen LogP contribution in [0.5, 0.6) is 0 Å². The van der Waals surface area contributed by atoms with Gasteiger partial charge in [0.2, 0.25) is 5.13 Å². The Kier molecular flexibility index (Phi) is 3.20. The summed E-state index contributed by atoms with van der Waals surface area (Å²) in [6.07, 6.45) is 0. The molecule has 4 nitrogen and oxygen atoms in total. The normalized spacial score (nSPS) is 10.4. The zero-order chi connectivity index (χ0) is 13.1. The molecule has 3 aromatic rings. The molecule has 0 N–H and O–H groups in total. The van der Waals surface area contributed by atoms with Crippen molar-refractivity contribution >= 4 is 22.4 Å². The zero-order valence-corrected chi connectivity index (χ0v) is 11.2. The molecule has 0 saturated carbocycles. The van der Waals surface area contributed by atoms with Gasteiger partial charge in [-0.2, -0.15) is 0 Å². The number of aromatic nitrogens is 3. The maximum absolute atomic E-state index is 3.96. The van der Waals surface area contributed by atoms with Gasteiger partial charge < -0.3 is 4.90 Å². The van der Waals surface area contributed by atoms with Gasteiger partial charge in [-0.15, -0.1) is 0 Å². The molecule has 0 radical (unpaired) electrons. The first kappa shape index (κ1) is 11.8. The van der Waals surface area contributed by atoms with E-state index in [0.717, 1.165) is 10.8 Å². The van der Waals surface area contributed by atoms with Crippen LogP contribution in [0.1, 0.15) is 0 Å². The minimum absolute atomic E-state index is 0.785. The van der Waals surface area contributed by atoms with E-state index < -0.39 is 0 Å². The van der Waals surface area contributed by atoms with Crippen molar-refractivity contribution in [3.05, 3.63) is 54.6 Å². The number of rotatable bonds is 3. The quantitative estimate of drug-likeness (QED) is 0.730. The lowest BCUT2D eigenvalue weighted by atomic mass is 10.1. The van der Waals surface area contributed by atoms with E-state index >= 15 is 0 Å². The van der Waals surface area contributed by atoms with Gasteiger partial charge in [-0.1, -0.05) is 52.1 Å². The molecule has 0 bridgehead atoms. The Labute approximate surface area is 115 Å². The maximum Gasteiger partial charge on any atom is 0.232 e. The van der Waals surface area contributed by atoms with E-state index in [2.05, 4.69) is 51.2 Å². The number of anilines is 2. The minimum atomic E-state index is 0.785. The molecule has 0 aliphatic rings. The van der Waals surface area contributed by atoms with Gasteiger partial charge in [-0.05, 0) is 28.5 Å². The predicted octanol–water partition coefficient (Wildman–Crippen LogP) is 3.37. The molecule has 0 aliphatic heterocycles. The summed E-state index contributed by atoms with van der Waals surface area (Å²) >= 11 is 1.28. The molecule has 0 fully saturated rings. The van der Waals surface area contributed by atoms with E-state index in [4.69, 9.17) is 0 Å². The van der Waals surface area contributed by atoms with Crippen LogP contribution >= 0.6 is 11.5 Å². The first-order valence-corrected chi connectivity index (χ1v) is 6.66. The van der Waals surface area contributed by atoms with Crippen LogP contribution in [0, 0.1) is 0 Å². The SMILES string of the molecule is CN(c1ccc(-c2ccccc2)cc1)c1nnns1. The second-order valence-electron chi connectivity index (χ2n) is 4.12. The summed E-state index contributed by atoms with van der Waals surface area (Å²) in [5, 5.41) is 8.35. The Morgan fingerprint density at radius 1 is 0.895 bits per heavy atom. The van der Waals surface area contributed by atoms with Crippen LogP contribution in [0.25, 0.3) is 11.1 Å². The Morgan fingerprint density at radius 2 is 1.58 bits per heavy atom. The molecule has 1 heterocycles. The summed E-state index contributed by atoms with van der Waals surface area (Å²) < 4.78 is 3.77. The molecular formula is C14H12N4S. The van der Waals surface area contributed by atoms with Gasteiger partial charge in [0.1, 0.15) is 0 Å². The van der Waals surface area contributed by atoms with Crippen LogP contribution in [0.15, 0.2) is 54.6 Å². The van der Waals surface area contributed by atoms with E-state index in [1.165, 1.54) is 22.7 Å². The summed E-state index contributed by atoms with van der Waals surface area (Å²) in [7, 11) is 1.96. The van der Waals surface area contributed by atoms with Gasteiger partial charge in [-0.25, -0.2) is 0 Å². The van der Waals surface area contributed by atoms with Gasteiger partial charge in [0, 0.05) is 24.3 Å². The van der Waals surface area contributed by atoms with Crippen molar-refractivity contribution in [2.24, 2.45) is 0 Å². The molecule has 0 atom stereocenters. The fraction of sp³-hybridized carbons (Fsp3) is 0.0714. The van der Waals surface area contributed by atoms with Gasteiger partial charge in [-0.3, -0.25) is 0 Å². The smallest absolute Gasteiger partial charge is 0.232 e. The molecule has 1 aromatic heterocycles. The van der Waals surface area contributed by atoms with Crippen molar-refractivity contribution in [3.63, 3.8) is 0 Å². The van der Waals surface area contributed by atoms with Gasteiger partial charge in [0.05, 0.1) is 0 Å². The highest BCUT2D eigenvalue weighted by Crippen LogP contribution is 2.26. The van der Waals surface area contributed by atoms with Crippen LogP contribution in [0.2, 0.25) is 0 Å². The third kappa shape index (κ3) is 2.46. The number of nitrogens with zero attached hydrogens (tertiary/aromatic N) is 4. The first-order chi connectivity index (χ1) is 9.34. The maximum atomic E-state index is 3.96. The summed E-state index contributed by atoms with van der Waals surface area (Å²) in [6.45, 7) is 0. The average Bonchev–Trinajstić information content (AvgIpc) is 3.02. The molecule has 2 aromatic carbocycles. The summed E-state index contributed by atoms with van der Waals surface area (Å²) in [5.74, 6) is 0. The van der Waals surface area contributed by atoms with Crippen LogP contribution < -0.4 is 4.90 Å². The van der Waals surface area contributed by atoms with Crippen molar-refractivity contribution < 1.29 is 0 Å². The fourth-order valence-corrected chi connectivity index (χ4v) is 2.32. The molecule has 0 saturated heterocycles. The van der Waals surface area contributed by atoms with Crippen molar-refractivity contribution in [2.45, 2.75) is 0 Å². The van der Waals surface area contributed by atoms with Crippen molar-refractivity contribution in [3.8, 4) is 11.1 Å². The van der Waals surface area contributed by atoms with Crippen molar-refractivity contribution in [2.75, 3.05) is 11.9 Å². The van der Waals surface area contributed by atoms with E-state index in [9.17, 15) is 0 Å². The van der Waals surface area contributed by atoms with Crippen molar-refractivity contribution in [1.82, 2.24) is 14.8 Å². The minimum Gasteiger partial charge on any atom is -0.318 e. The highest BCUT2D eigenvalue weighted by Gasteiger charge is 2.07. The van der Waals surface area contributed by atoms with Crippen LogP contribution in [0.4, 0.5) is 10.8 Å². The van der Waals surface area contributed by atoms with Gasteiger partial charge >= 0.3 is 0 Å². The second kappa shape index (κ2) is 5.16. The second-order valence-corrected chi connectivity index (χ2v) is 4.83.